The van der Waals surface area contributed by atoms with Gasteiger partial charge in [-0.05, 0) is 114 Å². The lowest BCUT2D eigenvalue weighted by Gasteiger charge is -2.31. The van der Waals surface area contributed by atoms with Crippen molar-refractivity contribution in [1.82, 2.24) is 30.4 Å². The summed E-state index contributed by atoms with van der Waals surface area (Å²) < 4.78 is 10.3. The number of hydrogen-bond acceptors (Lipinski definition) is 8. The predicted molar refractivity (Wildman–Crippen MR) is 258 cm³/mol. The maximum atomic E-state index is 14.4. The van der Waals surface area contributed by atoms with E-state index in [9.17, 15) is 19.2 Å². The minimum atomic E-state index is -0.782. The topological polar surface area (TPSA) is 158 Å². The van der Waals surface area contributed by atoms with E-state index in [1.165, 1.54) is 29.4 Å². The molecule has 10 rings (SSSR count). The summed E-state index contributed by atoms with van der Waals surface area (Å²) in [6, 6.07) is 27.7. The first-order valence-electron chi connectivity index (χ1n) is 24.0. The third-order valence-corrected chi connectivity index (χ3v) is 14.5. The summed E-state index contributed by atoms with van der Waals surface area (Å²) in [4.78, 5) is 71.1. The fourth-order valence-corrected chi connectivity index (χ4v) is 10.9. The van der Waals surface area contributed by atoms with E-state index in [4.69, 9.17) is 19.5 Å². The molecule has 0 bridgehead atoms. The number of amides is 4. The van der Waals surface area contributed by atoms with Crippen molar-refractivity contribution in [3.05, 3.63) is 119 Å². The number of aliphatic imine (C=N–C) groups is 1. The van der Waals surface area contributed by atoms with Crippen molar-refractivity contribution in [2.24, 2.45) is 16.8 Å². The van der Waals surface area contributed by atoms with Gasteiger partial charge in [0.2, 0.25) is 17.7 Å². The Labute approximate surface area is 391 Å². The van der Waals surface area contributed by atoms with E-state index in [2.05, 4.69) is 70.2 Å². The number of fused-ring (bicyclic) bond motifs is 3. The number of benzene rings is 4. The molecule has 0 unspecified atom stereocenters. The number of rotatable bonds is 11. The smallest absolute Gasteiger partial charge is 0.407 e. The Kier molecular flexibility index (Phi) is 12.5. The summed E-state index contributed by atoms with van der Waals surface area (Å²) in [5, 5.41) is 8.13. The van der Waals surface area contributed by atoms with Crippen LogP contribution in [0.25, 0.3) is 38.7 Å². The fraction of sp³-hybridized carbons (Fsp3) is 0.407. The Balaban J connectivity index is 0.817. The molecule has 5 heterocycles. The molecule has 3 saturated heterocycles. The summed E-state index contributed by atoms with van der Waals surface area (Å²) in [6.07, 6.45) is 8.46. The average Bonchev–Trinajstić information content (AvgIpc) is 4.21. The van der Waals surface area contributed by atoms with Crippen molar-refractivity contribution in [1.29, 1.82) is 0 Å². The fourth-order valence-electron chi connectivity index (χ4n) is 10.9. The number of imidazole rings is 1. The molecule has 1 aliphatic carbocycles. The second-order valence-corrected chi connectivity index (χ2v) is 19.0. The van der Waals surface area contributed by atoms with Gasteiger partial charge in [-0.2, -0.15) is 0 Å². The van der Waals surface area contributed by atoms with Crippen LogP contribution in [-0.4, -0.2) is 94.8 Å². The number of ether oxygens (including phenoxy) is 2. The number of methoxy groups -OCH3 is 1. The number of allylic oxidation sites excluding steroid dienone is 2. The number of carbonyl (C=O) groups is 4. The molecule has 0 spiro atoms. The van der Waals surface area contributed by atoms with Crippen molar-refractivity contribution in [3.63, 3.8) is 0 Å². The summed E-state index contributed by atoms with van der Waals surface area (Å²) in [5.74, 6) is 0.196. The highest BCUT2D eigenvalue weighted by Crippen LogP contribution is 2.42. The van der Waals surface area contributed by atoms with Crippen molar-refractivity contribution >= 4 is 45.9 Å². The van der Waals surface area contributed by atoms with Crippen LogP contribution in [0, 0.1) is 11.8 Å². The van der Waals surface area contributed by atoms with Gasteiger partial charge in [0.15, 0.2) is 0 Å². The molecule has 0 saturated carbocycles. The summed E-state index contributed by atoms with van der Waals surface area (Å²) in [5.41, 5.74) is 11.0. The second-order valence-electron chi connectivity index (χ2n) is 19.0. The molecule has 13 nitrogen and oxygen atoms in total. The highest BCUT2D eigenvalue weighted by molar-refractivity contribution is 6.05. The lowest BCUT2D eigenvalue weighted by atomic mass is 9.85. The first-order chi connectivity index (χ1) is 32.6. The van der Waals surface area contributed by atoms with Gasteiger partial charge in [-0.25, -0.2) is 9.78 Å². The molecule has 4 aliphatic heterocycles. The number of H-pyrrole nitrogens is 1. The number of likely N-dealkylation sites (tertiary alicyclic amines) is 2. The van der Waals surface area contributed by atoms with E-state index >= 15 is 0 Å². The van der Waals surface area contributed by atoms with Crippen LogP contribution in [0.2, 0.25) is 0 Å². The predicted octanol–water partition coefficient (Wildman–Crippen LogP) is 8.72. The van der Waals surface area contributed by atoms with Crippen LogP contribution in [0.5, 0.6) is 0 Å². The standard InChI is InChI=1S/C54H59N7O6/c1-32(2)48(59-54(65)66-3)52(63)60-23-7-11-46(60)44-30-42-41-19-17-38(28-39(41)18-20-43(42)56-44)35-13-14-37-29-40(16-15-36(37)27-35)45-31-55-50(57-45)47-12-8-24-61(47)53(64)49(33-9-5-4-6-10-33)58-51(62)34-21-25-67-26-22-34/h4-6,9-10,13-17,19,27-29,31-32,34,46-49H,7-8,11-12,18,20-26,30H2,1-3H3,(H,55,57)(H,58,62)(H,59,65)/t46-,47-,48-,49+/m0/s1. The minimum absolute atomic E-state index is 0.0770. The summed E-state index contributed by atoms with van der Waals surface area (Å²) in [7, 11) is 1.32. The van der Waals surface area contributed by atoms with E-state index in [-0.39, 0.29) is 41.6 Å². The molecule has 0 radical (unpaired) electrons. The molecule has 3 fully saturated rings. The molecule has 4 amide bonds. The maximum Gasteiger partial charge on any atom is 0.407 e. The minimum Gasteiger partial charge on any atom is -0.453 e. The Morgan fingerprint density at radius 2 is 1.46 bits per heavy atom. The van der Waals surface area contributed by atoms with Gasteiger partial charge in [-0.1, -0.05) is 86.6 Å². The van der Waals surface area contributed by atoms with E-state index in [1.54, 1.807) is 0 Å². The van der Waals surface area contributed by atoms with Crippen LogP contribution in [0.3, 0.4) is 0 Å². The lowest BCUT2D eigenvalue weighted by Crippen LogP contribution is -2.53. The average molecular weight is 902 g/mol. The van der Waals surface area contributed by atoms with E-state index in [0.29, 0.717) is 39.1 Å². The van der Waals surface area contributed by atoms with Crippen LogP contribution < -0.4 is 10.6 Å². The largest absolute Gasteiger partial charge is 0.453 e. The monoisotopic (exact) mass is 901 g/mol. The van der Waals surface area contributed by atoms with Gasteiger partial charge in [-0.15, -0.1) is 0 Å². The van der Waals surface area contributed by atoms with Crippen LogP contribution in [0.1, 0.15) is 99.8 Å². The highest BCUT2D eigenvalue weighted by Gasteiger charge is 2.41. The van der Waals surface area contributed by atoms with Gasteiger partial charge in [0.05, 0.1) is 31.1 Å². The number of carbonyl (C=O) groups excluding carboxylic acids is 4. The van der Waals surface area contributed by atoms with E-state index < -0.39 is 18.2 Å². The van der Waals surface area contributed by atoms with E-state index in [0.717, 1.165) is 95.3 Å². The number of alkyl carbamates (subject to hydrolysis) is 1. The number of aromatic amines is 1. The molecule has 5 aromatic rings. The Morgan fingerprint density at radius 3 is 2.21 bits per heavy atom. The molecule has 67 heavy (non-hydrogen) atoms. The summed E-state index contributed by atoms with van der Waals surface area (Å²) in [6.45, 7) is 6.22. The normalized spacial score (nSPS) is 20.4. The third-order valence-electron chi connectivity index (χ3n) is 14.5. The molecule has 4 aromatic carbocycles. The van der Waals surface area contributed by atoms with Gasteiger partial charge < -0.3 is 34.9 Å². The molecule has 5 aliphatic rings. The van der Waals surface area contributed by atoms with Gasteiger partial charge >= 0.3 is 6.09 Å². The molecule has 3 N–H and O–H groups in total. The molecule has 4 atom stereocenters. The number of aromatic nitrogens is 2. The maximum absolute atomic E-state index is 14.4. The zero-order valence-corrected chi connectivity index (χ0v) is 38.6. The van der Waals surface area contributed by atoms with Gasteiger partial charge in [0, 0.05) is 55.6 Å². The van der Waals surface area contributed by atoms with Crippen LogP contribution in [0.4, 0.5) is 4.79 Å². The Morgan fingerprint density at radius 1 is 0.776 bits per heavy atom. The molecule has 13 heteroatoms. The van der Waals surface area contributed by atoms with Gasteiger partial charge in [0.1, 0.15) is 17.9 Å². The van der Waals surface area contributed by atoms with Crippen LogP contribution >= 0.6 is 0 Å². The SMILES string of the molecule is COC(=O)N[C@H](C(=O)N1CCC[C@H]1C1=NC2=C(C1)c1ccc(-c3ccc4cc(-c5cnc([C@@H]6CCCN6C(=O)[C@H](NC(=O)C6CCOCC6)c6ccccc6)[nH]5)ccc4c3)cc1CC2)C(C)C. The first kappa shape index (κ1) is 44.2. The van der Waals surface area contributed by atoms with Crippen LogP contribution in [0.15, 0.2) is 102 Å². The second kappa shape index (κ2) is 18.9. The highest BCUT2D eigenvalue weighted by atomic mass is 16.5. The van der Waals surface area contributed by atoms with Gasteiger partial charge in [-0.3, -0.25) is 19.4 Å². The van der Waals surface area contributed by atoms with Crippen molar-refractivity contribution in [3.8, 4) is 22.4 Å². The Bertz CT molecular complexity index is 2770. The molecule has 1 aromatic heterocycles. The Hall–Kier alpha value is -6.60. The van der Waals surface area contributed by atoms with Crippen molar-refractivity contribution in [2.45, 2.75) is 95.8 Å². The van der Waals surface area contributed by atoms with Gasteiger partial charge in [0.25, 0.3) is 0 Å². The number of aryl methyl sites for hydroxylation is 1. The molecular formula is C54H59N7O6. The molecular weight excluding hydrogens is 843 g/mol. The van der Waals surface area contributed by atoms with Crippen molar-refractivity contribution < 1.29 is 28.7 Å². The number of nitrogens with one attached hydrogen (secondary N) is 3. The van der Waals surface area contributed by atoms with Crippen LogP contribution in [-0.2, 0) is 30.3 Å². The van der Waals surface area contributed by atoms with Crippen molar-refractivity contribution in [2.75, 3.05) is 33.4 Å². The zero-order chi connectivity index (χ0) is 46.2. The number of nitrogens with zero attached hydrogens (tertiary/aromatic N) is 4. The molecule has 346 valence electrons. The lowest BCUT2D eigenvalue weighted by molar-refractivity contribution is -0.139. The summed E-state index contributed by atoms with van der Waals surface area (Å²) >= 11 is 0. The quantitative estimate of drug-likeness (QED) is 0.120. The zero-order valence-electron chi connectivity index (χ0n) is 38.6. The third kappa shape index (κ3) is 8.89. The number of hydrogen-bond donors (Lipinski definition) is 3. The van der Waals surface area contributed by atoms with E-state index in [1.807, 2.05) is 60.2 Å². The first-order valence-corrected chi connectivity index (χ1v) is 24.0.